The lowest BCUT2D eigenvalue weighted by Gasteiger charge is -2.30. The molecule has 2 aliphatic rings. The van der Waals surface area contributed by atoms with Crippen LogP contribution in [0.2, 0.25) is 0 Å². The molecule has 1 saturated carbocycles. The molecule has 1 aliphatic heterocycles. The van der Waals surface area contributed by atoms with Crippen molar-refractivity contribution in [2.24, 2.45) is 11.7 Å². The summed E-state index contributed by atoms with van der Waals surface area (Å²) >= 11 is 0. The van der Waals surface area contributed by atoms with Crippen molar-refractivity contribution in [1.82, 2.24) is 9.88 Å². The highest BCUT2D eigenvalue weighted by molar-refractivity contribution is 5.83. The van der Waals surface area contributed by atoms with Gasteiger partial charge in [-0.2, -0.15) is 0 Å². The van der Waals surface area contributed by atoms with E-state index in [-0.39, 0.29) is 17.6 Å². The van der Waals surface area contributed by atoms with E-state index in [1.165, 1.54) is 20.0 Å². The summed E-state index contributed by atoms with van der Waals surface area (Å²) in [5.74, 6) is 0.297. The number of carbonyl (C=O) groups is 1. The Balaban J connectivity index is 1.82. The van der Waals surface area contributed by atoms with Crippen molar-refractivity contribution in [3.63, 3.8) is 0 Å². The first-order valence-electron chi connectivity index (χ1n) is 8.35. The van der Waals surface area contributed by atoms with Crippen LogP contribution >= 0.6 is 0 Å². The minimum Gasteiger partial charge on any atom is -0.366 e. The molecule has 6 nitrogen and oxygen atoms in total. The second-order valence-corrected chi connectivity index (χ2v) is 6.72. The molecule has 1 saturated heterocycles. The Morgan fingerprint density at radius 2 is 2.26 bits per heavy atom. The SMILES string of the molecule is COC1(C(N)=O)CCC(C(CCC2CC2)n2ccccc2=O)N1. The standard InChI is InChI=1S/C17H25N3O3/c1-23-17(16(18)22)10-9-13(19-17)14(8-7-12-5-6-12)20-11-3-2-4-15(20)21/h2-4,11-14,19H,5-10H2,1H3,(H2,18,22). The summed E-state index contributed by atoms with van der Waals surface area (Å²) in [6.07, 6.45) is 7.73. The molecule has 2 fully saturated rings. The average Bonchev–Trinajstić information content (AvgIpc) is 3.26. The molecule has 1 aliphatic carbocycles. The van der Waals surface area contributed by atoms with Crippen molar-refractivity contribution in [2.45, 2.75) is 56.3 Å². The molecule has 126 valence electrons. The second-order valence-electron chi connectivity index (χ2n) is 6.72. The smallest absolute Gasteiger partial charge is 0.264 e. The molecule has 3 N–H and O–H groups in total. The molecule has 1 aromatic rings. The maximum atomic E-state index is 12.3. The maximum Gasteiger partial charge on any atom is 0.264 e. The van der Waals surface area contributed by atoms with Crippen LogP contribution in [0.25, 0.3) is 0 Å². The lowest BCUT2D eigenvalue weighted by Crippen LogP contribution is -2.56. The number of amides is 1. The van der Waals surface area contributed by atoms with Crippen LogP contribution < -0.4 is 16.6 Å². The topological polar surface area (TPSA) is 86.3 Å². The molecule has 1 aromatic heterocycles. The fourth-order valence-electron chi connectivity index (χ4n) is 3.61. The summed E-state index contributed by atoms with van der Waals surface area (Å²) in [7, 11) is 1.49. The van der Waals surface area contributed by atoms with Crippen molar-refractivity contribution in [3.05, 3.63) is 34.7 Å². The molecular weight excluding hydrogens is 294 g/mol. The van der Waals surface area contributed by atoms with E-state index in [1.807, 2.05) is 12.3 Å². The number of aromatic nitrogens is 1. The molecule has 6 heteroatoms. The number of hydrogen-bond acceptors (Lipinski definition) is 4. The number of nitrogens with two attached hydrogens (primary N) is 1. The number of methoxy groups -OCH3 is 1. The van der Waals surface area contributed by atoms with Crippen molar-refractivity contribution in [1.29, 1.82) is 0 Å². The second kappa shape index (κ2) is 6.45. The van der Waals surface area contributed by atoms with Gasteiger partial charge in [-0.15, -0.1) is 0 Å². The minimum absolute atomic E-state index is 0.00120. The van der Waals surface area contributed by atoms with Crippen molar-refractivity contribution in [2.75, 3.05) is 7.11 Å². The van der Waals surface area contributed by atoms with E-state index in [0.717, 1.165) is 25.2 Å². The van der Waals surface area contributed by atoms with Crippen molar-refractivity contribution in [3.8, 4) is 0 Å². The molecule has 2 heterocycles. The average molecular weight is 319 g/mol. The molecule has 0 spiro atoms. The first-order valence-corrected chi connectivity index (χ1v) is 8.35. The lowest BCUT2D eigenvalue weighted by molar-refractivity contribution is -0.142. The number of nitrogens with one attached hydrogen (secondary N) is 1. The summed E-state index contributed by atoms with van der Waals surface area (Å²) in [5, 5.41) is 3.27. The summed E-state index contributed by atoms with van der Waals surface area (Å²) in [5.41, 5.74) is 4.39. The van der Waals surface area contributed by atoms with Crippen LogP contribution in [0.5, 0.6) is 0 Å². The van der Waals surface area contributed by atoms with E-state index in [0.29, 0.717) is 6.42 Å². The molecule has 0 aromatic carbocycles. The Labute approximate surface area is 136 Å². The van der Waals surface area contributed by atoms with Gasteiger partial charge >= 0.3 is 0 Å². The predicted molar refractivity (Wildman–Crippen MR) is 86.8 cm³/mol. The third-order valence-electron chi connectivity index (χ3n) is 5.21. The normalized spacial score (nSPS) is 28.7. The molecular formula is C17H25N3O3. The zero-order chi connectivity index (χ0) is 16.4. The quantitative estimate of drug-likeness (QED) is 0.789. The highest BCUT2D eigenvalue weighted by atomic mass is 16.5. The van der Waals surface area contributed by atoms with E-state index in [4.69, 9.17) is 10.5 Å². The minimum atomic E-state index is -1.11. The van der Waals surface area contributed by atoms with Crippen molar-refractivity contribution < 1.29 is 9.53 Å². The Bertz CT molecular complexity index is 626. The fourth-order valence-corrected chi connectivity index (χ4v) is 3.61. The van der Waals surface area contributed by atoms with Crippen LogP contribution in [-0.2, 0) is 9.53 Å². The Kier molecular flexibility index (Phi) is 4.55. The predicted octanol–water partition coefficient (Wildman–Crippen LogP) is 1.16. The van der Waals surface area contributed by atoms with Gasteiger partial charge in [0.15, 0.2) is 5.72 Å². The van der Waals surface area contributed by atoms with Gasteiger partial charge in [0.05, 0.1) is 6.04 Å². The Morgan fingerprint density at radius 3 is 2.83 bits per heavy atom. The van der Waals surface area contributed by atoms with Crippen LogP contribution in [0.4, 0.5) is 0 Å². The van der Waals surface area contributed by atoms with E-state index < -0.39 is 11.6 Å². The fraction of sp³-hybridized carbons (Fsp3) is 0.647. The van der Waals surface area contributed by atoms with Crippen LogP contribution in [0, 0.1) is 5.92 Å². The van der Waals surface area contributed by atoms with Gasteiger partial charge in [-0.05, 0) is 31.2 Å². The van der Waals surface area contributed by atoms with Crippen LogP contribution in [-0.4, -0.2) is 29.4 Å². The van der Waals surface area contributed by atoms with Gasteiger partial charge in [-0.3, -0.25) is 14.9 Å². The summed E-state index contributed by atoms with van der Waals surface area (Å²) in [6.45, 7) is 0. The molecule has 3 atom stereocenters. The maximum absolute atomic E-state index is 12.3. The molecule has 1 amide bonds. The molecule has 0 bridgehead atoms. The number of carbonyl (C=O) groups excluding carboxylic acids is 1. The van der Waals surface area contributed by atoms with Gasteiger partial charge in [0.2, 0.25) is 0 Å². The van der Waals surface area contributed by atoms with Gasteiger partial charge in [-0.25, -0.2) is 0 Å². The number of ether oxygens (including phenoxy) is 1. The zero-order valence-electron chi connectivity index (χ0n) is 13.5. The number of primary amides is 1. The van der Waals surface area contributed by atoms with Gasteiger partial charge in [0, 0.05) is 31.8 Å². The third-order valence-corrected chi connectivity index (χ3v) is 5.21. The first kappa shape index (κ1) is 16.2. The Hall–Kier alpha value is -1.66. The molecule has 0 radical (unpaired) electrons. The lowest BCUT2D eigenvalue weighted by atomic mass is 9.99. The largest absolute Gasteiger partial charge is 0.366 e. The zero-order valence-corrected chi connectivity index (χ0v) is 13.5. The first-order chi connectivity index (χ1) is 11.1. The summed E-state index contributed by atoms with van der Waals surface area (Å²) < 4.78 is 7.16. The summed E-state index contributed by atoms with van der Waals surface area (Å²) in [4.78, 5) is 24.0. The molecule has 3 rings (SSSR count). The van der Waals surface area contributed by atoms with Crippen LogP contribution in [0.15, 0.2) is 29.2 Å². The number of pyridine rings is 1. The van der Waals surface area contributed by atoms with Gasteiger partial charge in [-0.1, -0.05) is 18.9 Å². The molecule has 23 heavy (non-hydrogen) atoms. The summed E-state index contributed by atoms with van der Waals surface area (Å²) in [6, 6.07) is 5.22. The van der Waals surface area contributed by atoms with Gasteiger partial charge in [0.1, 0.15) is 0 Å². The van der Waals surface area contributed by atoms with Gasteiger partial charge < -0.3 is 15.0 Å². The van der Waals surface area contributed by atoms with E-state index >= 15 is 0 Å². The van der Waals surface area contributed by atoms with Crippen LogP contribution in [0.3, 0.4) is 0 Å². The number of hydrogen-bond donors (Lipinski definition) is 2. The number of rotatable bonds is 7. The third kappa shape index (κ3) is 3.33. The van der Waals surface area contributed by atoms with Crippen molar-refractivity contribution >= 4 is 5.91 Å². The monoisotopic (exact) mass is 319 g/mol. The van der Waals surface area contributed by atoms with E-state index in [9.17, 15) is 9.59 Å². The Morgan fingerprint density at radius 1 is 1.48 bits per heavy atom. The van der Waals surface area contributed by atoms with Gasteiger partial charge in [0.25, 0.3) is 11.5 Å². The molecule has 3 unspecified atom stereocenters. The van der Waals surface area contributed by atoms with E-state index in [1.54, 1.807) is 16.7 Å². The number of nitrogens with zero attached hydrogens (tertiary/aromatic N) is 1. The van der Waals surface area contributed by atoms with E-state index in [2.05, 4.69) is 5.32 Å². The highest BCUT2D eigenvalue weighted by Crippen LogP contribution is 2.38. The highest BCUT2D eigenvalue weighted by Gasteiger charge is 2.46. The van der Waals surface area contributed by atoms with Crippen LogP contribution in [0.1, 0.15) is 44.6 Å².